The second kappa shape index (κ2) is 9.33. The Balaban J connectivity index is 1.66. The largest absolute Gasteiger partial charge is 0.350 e. The van der Waals surface area contributed by atoms with Gasteiger partial charge in [-0.3, -0.25) is 14.1 Å². The van der Waals surface area contributed by atoms with Crippen LogP contribution in [0.1, 0.15) is 5.56 Å². The number of anilines is 1. The summed E-state index contributed by atoms with van der Waals surface area (Å²) in [6, 6.07) is 16.8. The molecule has 4 aromatic rings. The molecule has 1 amide bonds. The normalized spacial score (nSPS) is 11.3. The van der Waals surface area contributed by atoms with Gasteiger partial charge in [-0.05, 0) is 54.1 Å². The molecule has 0 atom stereocenters. The monoisotopic (exact) mass is 467 g/mol. The fraction of sp³-hybridized carbons (Fsp3) is 0.0833. The Labute approximate surface area is 189 Å². The van der Waals surface area contributed by atoms with Crippen molar-refractivity contribution in [3.05, 3.63) is 102 Å². The number of carbonyl (C=O) groups is 1. The van der Waals surface area contributed by atoms with E-state index in [9.17, 15) is 22.0 Å². The van der Waals surface area contributed by atoms with Gasteiger partial charge in [0.05, 0.1) is 10.6 Å². The minimum atomic E-state index is -4.20. The summed E-state index contributed by atoms with van der Waals surface area (Å²) in [5, 5.41) is 3.71. The van der Waals surface area contributed by atoms with E-state index in [0.717, 1.165) is 16.4 Å². The first-order valence-electron chi connectivity index (χ1n) is 9.97. The Kier molecular flexibility index (Phi) is 6.32. The Morgan fingerprint density at radius 3 is 2.27 bits per heavy atom. The van der Waals surface area contributed by atoms with Crippen molar-refractivity contribution >= 4 is 32.4 Å². The number of halogens is 2. The summed E-state index contributed by atoms with van der Waals surface area (Å²) < 4.78 is 54.9. The lowest BCUT2D eigenvalue weighted by atomic mass is 10.2. The zero-order valence-corrected chi connectivity index (χ0v) is 18.1. The number of carbonyl (C=O) groups excluding carboxylic acids is 1. The lowest BCUT2D eigenvalue weighted by molar-refractivity contribution is -0.119. The van der Waals surface area contributed by atoms with Gasteiger partial charge in [-0.15, -0.1) is 0 Å². The van der Waals surface area contributed by atoms with E-state index in [4.69, 9.17) is 0 Å². The molecule has 33 heavy (non-hydrogen) atoms. The molecule has 0 bridgehead atoms. The highest BCUT2D eigenvalue weighted by Crippen LogP contribution is 2.28. The summed E-state index contributed by atoms with van der Waals surface area (Å²) in [5.74, 6) is -1.51. The quantitative estimate of drug-likeness (QED) is 0.445. The highest BCUT2D eigenvalue weighted by Gasteiger charge is 2.28. The number of sulfonamides is 1. The van der Waals surface area contributed by atoms with E-state index in [1.54, 1.807) is 24.4 Å². The topological polar surface area (TPSA) is 79.4 Å². The van der Waals surface area contributed by atoms with Crippen LogP contribution in [-0.2, 0) is 21.4 Å². The average Bonchev–Trinajstić information content (AvgIpc) is 2.82. The van der Waals surface area contributed by atoms with E-state index in [0.29, 0.717) is 16.3 Å². The van der Waals surface area contributed by atoms with Crippen molar-refractivity contribution in [1.29, 1.82) is 0 Å². The van der Waals surface area contributed by atoms with Gasteiger partial charge < -0.3 is 5.32 Å². The number of pyridine rings is 1. The first-order chi connectivity index (χ1) is 15.8. The van der Waals surface area contributed by atoms with Crippen molar-refractivity contribution in [1.82, 2.24) is 10.3 Å². The maximum atomic E-state index is 13.7. The number of benzene rings is 3. The summed E-state index contributed by atoms with van der Waals surface area (Å²) in [5.41, 5.74) is 0.793. The molecule has 1 aromatic heterocycles. The van der Waals surface area contributed by atoms with Crippen LogP contribution in [0.15, 0.2) is 90.1 Å². The second-order valence-corrected chi connectivity index (χ2v) is 9.07. The van der Waals surface area contributed by atoms with Crippen LogP contribution >= 0.6 is 0 Å². The molecule has 0 saturated carbocycles. The molecule has 6 nitrogen and oxygen atoms in total. The van der Waals surface area contributed by atoms with Gasteiger partial charge >= 0.3 is 0 Å². The Hall–Kier alpha value is -3.85. The number of rotatable bonds is 7. The van der Waals surface area contributed by atoms with E-state index in [-0.39, 0.29) is 17.1 Å². The number of nitrogens with one attached hydrogen (secondary N) is 1. The molecule has 0 saturated heterocycles. The average molecular weight is 467 g/mol. The van der Waals surface area contributed by atoms with Crippen LogP contribution in [-0.4, -0.2) is 25.9 Å². The lowest BCUT2D eigenvalue weighted by Gasteiger charge is -2.25. The van der Waals surface area contributed by atoms with Crippen molar-refractivity contribution in [2.24, 2.45) is 0 Å². The molecule has 1 N–H and O–H groups in total. The first kappa shape index (κ1) is 22.3. The summed E-state index contributed by atoms with van der Waals surface area (Å²) in [6.45, 7) is -0.438. The van der Waals surface area contributed by atoms with Crippen LogP contribution in [0.25, 0.3) is 10.8 Å². The van der Waals surface area contributed by atoms with Gasteiger partial charge in [-0.2, -0.15) is 0 Å². The van der Waals surface area contributed by atoms with Gasteiger partial charge in [-0.1, -0.05) is 24.3 Å². The molecular weight excluding hydrogens is 448 g/mol. The second-order valence-electron chi connectivity index (χ2n) is 7.24. The van der Waals surface area contributed by atoms with E-state index in [1.807, 2.05) is 0 Å². The van der Waals surface area contributed by atoms with Gasteiger partial charge in [0.1, 0.15) is 18.2 Å². The third kappa shape index (κ3) is 4.98. The summed E-state index contributed by atoms with van der Waals surface area (Å²) in [7, 11) is -4.20. The molecule has 0 unspecified atom stereocenters. The molecular formula is C24H19F2N3O3S. The predicted molar refractivity (Wildman–Crippen MR) is 121 cm³/mol. The molecule has 168 valence electrons. The zero-order valence-electron chi connectivity index (χ0n) is 17.3. The molecule has 4 rings (SSSR count). The van der Waals surface area contributed by atoms with Crippen molar-refractivity contribution in [2.75, 3.05) is 10.8 Å². The molecule has 1 heterocycles. The van der Waals surface area contributed by atoms with Gasteiger partial charge in [0.25, 0.3) is 10.0 Å². The van der Waals surface area contributed by atoms with Crippen molar-refractivity contribution in [3.63, 3.8) is 0 Å². The first-order valence-corrected chi connectivity index (χ1v) is 11.4. The van der Waals surface area contributed by atoms with Crippen molar-refractivity contribution < 1.29 is 22.0 Å². The maximum Gasteiger partial charge on any atom is 0.265 e. The molecule has 0 spiro atoms. The zero-order chi connectivity index (χ0) is 23.4. The fourth-order valence-electron chi connectivity index (χ4n) is 3.35. The molecule has 0 aliphatic rings. The highest BCUT2D eigenvalue weighted by atomic mass is 32.2. The van der Waals surface area contributed by atoms with Gasteiger partial charge in [-0.25, -0.2) is 17.2 Å². The Morgan fingerprint density at radius 2 is 1.58 bits per heavy atom. The lowest BCUT2D eigenvalue weighted by Crippen LogP contribution is -2.40. The van der Waals surface area contributed by atoms with Crippen LogP contribution in [0.5, 0.6) is 0 Å². The molecule has 0 aliphatic carbocycles. The molecule has 3 aromatic carbocycles. The van der Waals surface area contributed by atoms with E-state index < -0.39 is 34.1 Å². The summed E-state index contributed by atoms with van der Waals surface area (Å²) in [6.07, 6.45) is 3.03. The number of fused-ring (bicyclic) bond motifs is 1. The van der Waals surface area contributed by atoms with Crippen molar-refractivity contribution in [2.45, 2.75) is 11.4 Å². The third-order valence-corrected chi connectivity index (χ3v) is 6.85. The SMILES string of the molecule is O=C(CN(c1ccc(F)cc1)S(=O)(=O)c1cccc2cnccc12)NCc1ccc(F)cc1. The van der Waals surface area contributed by atoms with Crippen LogP contribution in [0.3, 0.4) is 0 Å². The highest BCUT2D eigenvalue weighted by molar-refractivity contribution is 7.93. The number of aromatic nitrogens is 1. The number of hydrogen-bond donors (Lipinski definition) is 1. The van der Waals surface area contributed by atoms with Crippen molar-refractivity contribution in [3.8, 4) is 0 Å². The predicted octanol–water partition coefficient (Wildman–Crippen LogP) is 4.02. The standard InChI is InChI=1S/C24H19F2N3O3S/c25-19-6-4-17(5-7-19)14-28-24(30)16-29(21-10-8-20(26)9-11-21)33(31,32)23-3-1-2-18-15-27-13-12-22(18)23/h1-13,15H,14,16H2,(H,28,30). The van der Waals surface area contributed by atoms with Crippen LogP contribution in [0.2, 0.25) is 0 Å². The molecule has 0 fully saturated rings. The Morgan fingerprint density at radius 1 is 0.909 bits per heavy atom. The molecule has 0 aliphatic heterocycles. The van der Waals surface area contributed by atoms with Crippen LogP contribution in [0.4, 0.5) is 14.5 Å². The Bertz CT molecular complexity index is 1390. The van der Waals surface area contributed by atoms with Gasteiger partial charge in [0, 0.05) is 29.7 Å². The van der Waals surface area contributed by atoms with Gasteiger partial charge in [0.2, 0.25) is 5.91 Å². The third-order valence-electron chi connectivity index (χ3n) is 5.01. The van der Waals surface area contributed by atoms with Crippen LogP contribution in [0, 0.1) is 11.6 Å². The summed E-state index contributed by atoms with van der Waals surface area (Å²) >= 11 is 0. The van der Waals surface area contributed by atoms with E-state index in [2.05, 4.69) is 10.3 Å². The smallest absolute Gasteiger partial charge is 0.265 e. The summed E-state index contributed by atoms with van der Waals surface area (Å²) in [4.78, 5) is 16.7. The van der Waals surface area contributed by atoms with E-state index >= 15 is 0 Å². The van der Waals surface area contributed by atoms with E-state index in [1.165, 1.54) is 48.7 Å². The fourth-order valence-corrected chi connectivity index (χ4v) is 4.99. The molecule has 9 heteroatoms. The van der Waals surface area contributed by atoms with Crippen LogP contribution < -0.4 is 9.62 Å². The number of hydrogen-bond acceptors (Lipinski definition) is 4. The minimum absolute atomic E-state index is 0.00180. The number of nitrogens with zero attached hydrogens (tertiary/aromatic N) is 2. The number of amides is 1. The minimum Gasteiger partial charge on any atom is -0.350 e. The van der Waals surface area contributed by atoms with Gasteiger partial charge in [0.15, 0.2) is 0 Å². The molecule has 0 radical (unpaired) electrons. The maximum absolute atomic E-state index is 13.7.